The van der Waals surface area contributed by atoms with Gasteiger partial charge in [0.1, 0.15) is 0 Å². The van der Waals surface area contributed by atoms with Gasteiger partial charge in [-0.1, -0.05) is 0 Å². The Balaban J connectivity index is 2.06. The van der Waals surface area contributed by atoms with E-state index in [1.807, 2.05) is 7.11 Å². The van der Waals surface area contributed by atoms with Gasteiger partial charge in [0, 0.05) is 13.7 Å². The van der Waals surface area contributed by atoms with Crippen molar-refractivity contribution in [3.05, 3.63) is 0 Å². The molecule has 2 fully saturated rings. The number of hydrogen-bond donors (Lipinski definition) is 0. The molecule has 14 heavy (non-hydrogen) atoms. The van der Waals surface area contributed by atoms with Crippen LogP contribution in [0.25, 0.3) is 0 Å². The normalized spacial score (nSPS) is 40.3. The number of methoxy groups -OCH3 is 1. The number of hydrogen-bond acceptors (Lipinski definition) is 2. The Hall–Kier alpha value is -0.0800. The third-order valence-electron chi connectivity index (χ3n) is 4.10. The summed E-state index contributed by atoms with van der Waals surface area (Å²) >= 11 is 0. The van der Waals surface area contributed by atoms with E-state index in [0.29, 0.717) is 6.10 Å². The molecule has 3 atom stereocenters. The molecule has 1 heterocycles. The second-order valence-electron chi connectivity index (χ2n) is 5.11. The molecule has 2 bridgehead atoms. The van der Waals surface area contributed by atoms with Gasteiger partial charge in [-0.05, 0) is 57.5 Å². The summed E-state index contributed by atoms with van der Waals surface area (Å²) in [6.45, 7) is 2.53. The zero-order valence-corrected chi connectivity index (χ0v) is 9.54. The third kappa shape index (κ3) is 2.29. The number of rotatable bonds is 1. The molecule has 2 nitrogen and oxygen atoms in total. The molecule has 1 aliphatic heterocycles. The van der Waals surface area contributed by atoms with Crippen LogP contribution in [-0.2, 0) is 4.74 Å². The van der Waals surface area contributed by atoms with Gasteiger partial charge >= 0.3 is 0 Å². The molecular weight excluding hydrogens is 174 g/mol. The van der Waals surface area contributed by atoms with Gasteiger partial charge in [0.15, 0.2) is 0 Å². The minimum Gasteiger partial charge on any atom is -0.381 e. The lowest BCUT2D eigenvalue weighted by atomic mass is 9.92. The van der Waals surface area contributed by atoms with Gasteiger partial charge in [-0.25, -0.2) is 0 Å². The van der Waals surface area contributed by atoms with E-state index in [9.17, 15) is 0 Å². The van der Waals surface area contributed by atoms with Crippen molar-refractivity contribution in [3.8, 4) is 0 Å². The highest BCUT2D eigenvalue weighted by molar-refractivity contribution is 4.82. The van der Waals surface area contributed by atoms with E-state index in [4.69, 9.17) is 4.74 Å². The number of likely N-dealkylation sites (tertiary alicyclic amines) is 1. The molecular formula is C12H23NO. The fourth-order valence-corrected chi connectivity index (χ4v) is 3.12. The van der Waals surface area contributed by atoms with E-state index in [0.717, 1.165) is 11.8 Å². The van der Waals surface area contributed by atoms with Crippen LogP contribution in [0.5, 0.6) is 0 Å². The van der Waals surface area contributed by atoms with Gasteiger partial charge in [-0.15, -0.1) is 0 Å². The second-order valence-corrected chi connectivity index (χ2v) is 5.11. The fraction of sp³-hybridized carbons (Fsp3) is 1.00. The molecule has 0 amide bonds. The van der Waals surface area contributed by atoms with Gasteiger partial charge in [-0.3, -0.25) is 0 Å². The minimum atomic E-state index is 0.528. The number of fused-ring (bicyclic) bond motifs is 3. The fourth-order valence-electron chi connectivity index (χ4n) is 3.12. The molecule has 0 aromatic heterocycles. The minimum absolute atomic E-state index is 0.528. The van der Waals surface area contributed by atoms with Crippen molar-refractivity contribution in [1.82, 2.24) is 4.90 Å². The molecule has 2 rings (SSSR count). The zero-order chi connectivity index (χ0) is 9.97. The van der Waals surface area contributed by atoms with E-state index in [2.05, 4.69) is 11.9 Å². The predicted octanol–water partition coefficient (Wildman–Crippen LogP) is 2.14. The molecule has 0 N–H and O–H groups in total. The van der Waals surface area contributed by atoms with E-state index in [-0.39, 0.29) is 0 Å². The van der Waals surface area contributed by atoms with Gasteiger partial charge < -0.3 is 9.64 Å². The van der Waals surface area contributed by atoms with E-state index in [1.165, 1.54) is 45.2 Å². The molecule has 2 heteroatoms. The Kier molecular flexibility index (Phi) is 3.45. The van der Waals surface area contributed by atoms with Crippen molar-refractivity contribution in [2.45, 2.75) is 38.2 Å². The van der Waals surface area contributed by atoms with Crippen LogP contribution in [-0.4, -0.2) is 38.3 Å². The molecule has 0 radical (unpaired) electrons. The molecule has 0 aromatic rings. The van der Waals surface area contributed by atoms with E-state index >= 15 is 0 Å². The smallest absolute Gasteiger partial charge is 0.0611 e. The quantitative estimate of drug-likeness (QED) is 0.638. The Labute approximate surface area is 87.6 Å². The summed E-state index contributed by atoms with van der Waals surface area (Å²) < 4.78 is 5.63. The highest BCUT2D eigenvalue weighted by Crippen LogP contribution is 2.33. The molecule has 3 unspecified atom stereocenters. The van der Waals surface area contributed by atoms with Crippen molar-refractivity contribution >= 4 is 0 Å². The number of nitrogens with zero attached hydrogens (tertiary/aromatic N) is 1. The maximum Gasteiger partial charge on any atom is 0.0611 e. The van der Waals surface area contributed by atoms with Gasteiger partial charge in [-0.2, -0.15) is 0 Å². The lowest BCUT2D eigenvalue weighted by molar-refractivity contribution is 0.0347. The van der Waals surface area contributed by atoms with Crippen LogP contribution in [0, 0.1) is 11.8 Å². The van der Waals surface area contributed by atoms with Crippen LogP contribution >= 0.6 is 0 Å². The van der Waals surface area contributed by atoms with Crippen LogP contribution in [0.4, 0.5) is 0 Å². The molecule has 1 saturated carbocycles. The monoisotopic (exact) mass is 197 g/mol. The number of ether oxygens (including phenoxy) is 1. The molecule has 0 spiro atoms. The molecule has 82 valence electrons. The summed E-state index contributed by atoms with van der Waals surface area (Å²) in [6.07, 6.45) is 7.44. The Morgan fingerprint density at radius 2 is 1.86 bits per heavy atom. The maximum atomic E-state index is 5.63. The Morgan fingerprint density at radius 3 is 2.64 bits per heavy atom. The summed E-state index contributed by atoms with van der Waals surface area (Å²) in [5.74, 6) is 1.76. The van der Waals surface area contributed by atoms with Crippen molar-refractivity contribution in [2.24, 2.45) is 11.8 Å². The summed E-state index contributed by atoms with van der Waals surface area (Å²) in [6, 6.07) is 0. The first-order valence-electron chi connectivity index (χ1n) is 6.01. The van der Waals surface area contributed by atoms with Crippen LogP contribution in [0.1, 0.15) is 32.1 Å². The zero-order valence-electron chi connectivity index (χ0n) is 9.54. The topological polar surface area (TPSA) is 12.5 Å². The van der Waals surface area contributed by atoms with E-state index in [1.54, 1.807) is 0 Å². The maximum absolute atomic E-state index is 5.63. The SMILES string of the molecule is COC1CCC2CCC1CN(C)CC2. The largest absolute Gasteiger partial charge is 0.381 e. The average Bonchev–Trinajstić information content (AvgIpc) is 2.31. The predicted molar refractivity (Wildman–Crippen MR) is 58.4 cm³/mol. The van der Waals surface area contributed by atoms with Crippen LogP contribution in [0.15, 0.2) is 0 Å². The second kappa shape index (κ2) is 4.63. The van der Waals surface area contributed by atoms with Gasteiger partial charge in [0.2, 0.25) is 0 Å². The first kappa shape index (κ1) is 10.4. The van der Waals surface area contributed by atoms with Crippen LogP contribution in [0.2, 0.25) is 0 Å². The van der Waals surface area contributed by atoms with Crippen LogP contribution in [0.3, 0.4) is 0 Å². The average molecular weight is 197 g/mol. The lowest BCUT2D eigenvalue weighted by Gasteiger charge is -2.30. The lowest BCUT2D eigenvalue weighted by Crippen LogP contribution is -2.34. The van der Waals surface area contributed by atoms with Crippen molar-refractivity contribution < 1.29 is 4.74 Å². The summed E-state index contributed by atoms with van der Waals surface area (Å²) in [7, 11) is 4.14. The van der Waals surface area contributed by atoms with Crippen molar-refractivity contribution in [2.75, 3.05) is 27.2 Å². The van der Waals surface area contributed by atoms with Crippen molar-refractivity contribution in [1.29, 1.82) is 0 Å². The highest BCUT2D eigenvalue weighted by atomic mass is 16.5. The van der Waals surface area contributed by atoms with Crippen LogP contribution < -0.4 is 0 Å². The van der Waals surface area contributed by atoms with E-state index < -0.39 is 0 Å². The first-order valence-corrected chi connectivity index (χ1v) is 6.01. The van der Waals surface area contributed by atoms with Gasteiger partial charge in [0.05, 0.1) is 6.10 Å². The summed E-state index contributed by atoms with van der Waals surface area (Å²) in [5.41, 5.74) is 0. The standard InChI is InChI=1S/C12H23NO/c1-13-8-7-10-3-5-11(9-13)12(14-2)6-4-10/h10-12H,3-9H2,1-2H3. The molecule has 2 aliphatic rings. The first-order chi connectivity index (χ1) is 6.79. The highest BCUT2D eigenvalue weighted by Gasteiger charge is 2.30. The molecule has 1 aliphatic carbocycles. The Morgan fingerprint density at radius 1 is 1.07 bits per heavy atom. The van der Waals surface area contributed by atoms with Gasteiger partial charge in [0.25, 0.3) is 0 Å². The summed E-state index contributed by atoms with van der Waals surface area (Å²) in [5, 5.41) is 0. The Bertz CT molecular complexity index is 183. The third-order valence-corrected chi connectivity index (χ3v) is 4.10. The molecule has 0 aromatic carbocycles. The van der Waals surface area contributed by atoms with Crippen molar-refractivity contribution in [3.63, 3.8) is 0 Å². The molecule has 1 saturated heterocycles. The summed E-state index contributed by atoms with van der Waals surface area (Å²) in [4.78, 5) is 2.49.